The second-order valence-electron chi connectivity index (χ2n) is 4.55. The Morgan fingerprint density at radius 1 is 1.05 bits per heavy atom. The molecule has 0 saturated heterocycles. The van der Waals surface area contributed by atoms with Crippen molar-refractivity contribution >= 4 is 17.4 Å². The summed E-state index contributed by atoms with van der Waals surface area (Å²) in [7, 11) is 0. The van der Waals surface area contributed by atoms with Gasteiger partial charge in [-0.25, -0.2) is 0 Å². The maximum absolute atomic E-state index is 11.2. The largest absolute Gasteiger partial charge is 0.457 e. The number of aryl methyl sites for hydroxylation is 2. The first kappa shape index (κ1) is 13.6. The molecular weight excluding hydrogens is 260 g/mol. The van der Waals surface area contributed by atoms with Crippen molar-refractivity contribution in [3.63, 3.8) is 0 Å². The number of carbonyl (C=O) groups is 1. The Labute approximate surface area is 118 Å². The topological polar surface area (TPSA) is 26.3 Å². The molecule has 0 atom stereocenters. The normalized spacial score (nSPS) is 10.3. The van der Waals surface area contributed by atoms with E-state index >= 15 is 0 Å². The van der Waals surface area contributed by atoms with Gasteiger partial charge in [0.25, 0.3) is 0 Å². The van der Waals surface area contributed by atoms with E-state index in [1.54, 1.807) is 31.2 Å². The summed E-state index contributed by atoms with van der Waals surface area (Å²) in [5, 5.41) is 0.703. The molecule has 0 spiro atoms. The highest BCUT2D eigenvalue weighted by Gasteiger charge is 2.07. The van der Waals surface area contributed by atoms with Crippen LogP contribution < -0.4 is 4.74 Å². The first-order valence-corrected chi connectivity index (χ1v) is 6.41. The Bertz CT molecular complexity index is 592. The van der Waals surface area contributed by atoms with Crippen LogP contribution in [-0.2, 0) is 0 Å². The Hall–Kier alpha value is -1.80. The molecule has 0 radical (unpaired) electrons. The van der Waals surface area contributed by atoms with Gasteiger partial charge in [0, 0.05) is 10.6 Å². The lowest BCUT2D eigenvalue weighted by atomic mass is 10.1. The fourth-order valence-corrected chi connectivity index (χ4v) is 2.26. The van der Waals surface area contributed by atoms with Crippen LogP contribution >= 0.6 is 11.6 Å². The minimum Gasteiger partial charge on any atom is -0.457 e. The van der Waals surface area contributed by atoms with Crippen molar-refractivity contribution < 1.29 is 9.53 Å². The van der Waals surface area contributed by atoms with Crippen molar-refractivity contribution in [2.45, 2.75) is 20.8 Å². The zero-order valence-electron chi connectivity index (χ0n) is 11.2. The molecule has 0 heterocycles. The zero-order chi connectivity index (χ0) is 14.0. The van der Waals surface area contributed by atoms with E-state index < -0.39 is 0 Å². The molecule has 0 amide bonds. The predicted octanol–water partition coefficient (Wildman–Crippen LogP) is 4.95. The molecule has 3 heteroatoms. The van der Waals surface area contributed by atoms with Gasteiger partial charge < -0.3 is 4.74 Å². The SMILES string of the molecule is CC(=O)c1ccc(Oc2c(C)cc(Cl)cc2C)cc1. The molecule has 0 fully saturated rings. The summed E-state index contributed by atoms with van der Waals surface area (Å²) in [5.74, 6) is 1.56. The third kappa shape index (κ3) is 3.15. The fourth-order valence-electron chi connectivity index (χ4n) is 1.93. The van der Waals surface area contributed by atoms with Gasteiger partial charge in [-0.2, -0.15) is 0 Å². The molecule has 98 valence electrons. The van der Waals surface area contributed by atoms with E-state index in [9.17, 15) is 4.79 Å². The standard InChI is InChI=1S/C16H15ClO2/c1-10-8-14(17)9-11(2)16(10)19-15-6-4-13(5-7-15)12(3)18/h4-9H,1-3H3. The molecule has 0 aliphatic carbocycles. The lowest BCUT2D eigenvalue weighted by Gasteiger charge is -2.12. The molecule has 0 N–H and O–H groups in total. The van der Waals surface area contributed by atoms with Crippen molar-refractivity contribution in [1.82, 2.24) is 0 Å². The van der Waals surface area contributed by atoms with E-state index in [4.69, 9.17) is 16.3 Å². The summed E-state index contributed by atoms with van der Waals surface area (Å²) in [6.07, 6.45) is 0. The predicted molar refractivity (Wildman–Crippen MR) is 77.4 cm³/mol. The van der Waals surface area contributed by atoms with E-state index in [1.807, 2.05) is 26.0 Å². The second-order valence-corrected chi connectivity index (χ2v) is 4.99. The van der Waals surface area contributed by atoms with Crippen LogP contribution in [-0.4, -0.2) is 5.78 Å². The number of Topliss-reactive ketones (excluding diaryl/α,β-unsaturated/α-hetero) is 1. The Kier molecular flexibility index (Phi) is 3.91. The maximum atomic E-state index is 11.2. The molecule has 2 nitrogen and oxygen atoms in total. The molecule has 0 aromatic heterocycles. The van der Waals surface area contributed by atoms with Crippen LogP contribution in [0.25, 0.3) is 0 Å². The monoisotopic (exact) mass is 274 g/mol. The van der Waals surface area contributed by atoms with Gasteiger partial charge >= 0.3 is 0 Å². The number of hydrogen-bond acceptors (Lipinski definition) is 2. The van der Waals surface area contributed by atoms with Gasteiger partial charge in [0.1, 0.15) is 11.5 Å². The number of benzene rings is 2. The van der Waals surface area contributed by atoms with Gasteiger partial charge in [0.2, 0.25) is 0 Å². The highest BCUT2D eigenvalue weighted by molar-refractivity contribution is 6.30. The van der Waals surface area contributed by atoms with Gasteiger partial charge in [-0.15, -0.1) is 0 Å². The first-order chi connectivity index (χ1) is 8.97. The highest BCUT2D eigenvalue weighted by Crippen LogP contribution is 2.31. The Balaban J connectivity index is 2.29. The molecule has 2 aromatic rings. The van der Waals surface area contributed by atoms with Gasteiger partial charge in [0.05, 0.1) is 0 Å². The van der Waals surface area contributed by atoms with Crippen molar-refractivity contribution in [2.75, 3.05) is 0 Å². The van der Waals surface area contributed by atoms with Crippen LogP contribution in [0.4, 0.5) is 0 Å². The summed E-state index contributed by atoms with van der Waals surface area (Å²) in [4.78, 5) is 11.2. The van der Waals surface area contributed by atoms with Gasteiger partial charge in [0.15, 0.2) is 5.78 Å². The average molecular weight is 275 g/mol. The summed E-state index contributed by atoms with van der Waals surface area (Å²) in [6.45, 7) is 5.46. The number of ketones is 1. The average Bonchev–Trinajstić information content (AvgIpc) is 2.34. The van der Waals surface area contributed by atoms with E-state index in [1.165, 1.54) is 0 Å². The lowest BCUT2D eigenvalue weighted by Crippen LogP contribution is -1.94. The van der Waals surface area contributed by atoms with Crippen molar-refractivity contribution in [3.05, 3.63) is 58.1 Å². The minimum absolute atomic E-state index is 0.0467. The van der Waals surface area contributed by atoms with E-state index in [0.717, 1.165) is 16.9 Å². The summed E-state index contributed by atoms with van der Waals surface area (Å²) in [5.41, 5.74) is 2.65. The van der Waals surface area contributed by atoms with Crippen molar-refractivity contribution in [2.24, 2.45) is 0 Å². The quantitative estimate of drug-likeness (QED) is 0.740. The summed E-state index contributed by atoms with van der Waals surface area (Å²) >= 11 is 5.99. The second kappa shape index (κ2) is 5.45. The third-order valence-corrected chi connectivity index (χ3v) is 3.12. The van der Waals surface area contributed by atoms with Crippen LogP contribution in [0.5, 0.6) is 11.5 Å². The molecule has 0 aliphatic rings. The van der Waals surface area contributed by atoms with Gasteiger partial charge in [-0.1, -0.05) is 11.6 Å². The van der Waals surface area contributed by atoms with E-state index in [-0.39, 0.29) is 5.78 Å². The summed E-state index contributed by atoms with van der Waals surface area (Å²) in [6, 6.07) is 10.9. The molecule has 2 aromatic carbocycles. The van der Waals surface area contributed by atoms with Crippen LogP contribution in [0.2, 0.25) is 5.02 Å². The molecule has 0 bridgehead atoms. The van der Waals surface area contributed by atoms with E-state index in [2.05, 4.69) is 0 Å². The van der Waals surface area contributed by atoms with Crippen LogP contribution in [0.1, 0.15) is 28.4 Å². The minimum atomic E-state index is 0.0467. The molecule has 19 heavy (non-hydrogen) atoms. The Morgan fingerprint density at radius 3 is 2.05 bits per heavy atom. The zero-order valence-corrected chi connectivity index (χ0v) is 11.9. The number of carbonyl (C=O) groups excluding carboxylic acids is 1. The van der Waals surface area contributed by atoms with Crippen molar-refractivity contribution in [1.29, 1.82) is 0 Å². The lowest BCUT2D eigenvalue weighted by molar-refractivity contribution is 0.101. The number of hydrogen-bond donors (Lipinski definition) is 0. The van der Waals surface area contributed by atoms with Crippen LogP contribution in [0, 0.1) is 13.8 Å². The molecular formula is C16H15ClO2. The van der Waals surface area contributed by atoms with Crippen LogP contribution in [0.3, 0.4) is 0 Å². The van der Waals surface area contributed by atoms with E-state index in [0.29, 0.717) is 16.3 Å². The molecule has 2 rings (SSSR count). The van der Waals surface area contributed by atoms with Crippen molar-refractivity contribution in [3.8, 4) is 11.5 Å². The number of rotatable bonds is 3. The molecule has 0 unspecified atom stereocenters. The summed E-state index contributed by atoms with van der Waals surface area (Å²) < 4.78 is 5.86. The fraction of sp³-hybridized carbons (Fsp3) is 0.188. The van der Waals surface area contributed by atoms with Crippen LogP contribution in [0.15, 0.2) is 36.4 Å². The Morgan fingerprint density at radius 2 is 1.58 bits per heavy atom. The maximum Gasteiger partial charge on any atom is 0.159 e. The van der Waals surface area contributed by atoms with Gasteiger partial charge in [-0.05, 0) is 68.3 Å². The smallest absolute Gasteiger partial charge is 0.159 e. The number of ether oxygens (including phenoxy) is 1. The molecule has 0 saturated carbocycles. The first-order valence-electron chi connectivity index (χ1n) is 6.03. The van der Waals surface area contributed by atoms with Gasteiger partial charge in [-0.3, -0.25) is 4.79 Å². The highest BCUT2D eigenvalue weighted by atomic mass is 35.5. The number of halogens is 1. The third-order valence-electron chi connectivity index (χ3n) is 2.91. The molecule has 0 aliphatic heterocycles.